The summed E-state index contributed by atoms with van der Waals surface area (Å²) in [5, 5.41) is 7.33. The fourth-order valence-electron chi connectivity index (χ4n) is 1.95. The molecule has 0 spiro atoms. The number of hydrogen-bond donors (Lipinski definition) is 3. The predicted octanol–water partition coefficient (Wildman–Crippen LogP) is 1.70. The lowest BCUT2D eigenvalue weighted by molar-refractivity contribution is -0.136. The molecule has 0 saturated heterocycles. The highest BCUT2D eigenvalue weighted by atomic mass is 16.5. The normalized spacial score (nSPS) is 9.84. The summed E-state index contributed by atoms with van der Waals surface area (Å²) in [6.07, 6.45) is 0. The Kier molecular flexibility index (Phi) is 6.11. The van der Waals surface area contributed by atoms with Crippen molar-refractivity contribution in [3.05, 3.63) is 54.1 Å². The molecule has 0 aliphatic carbocycles. The van der Waals surface area contributed by atoms with Gasteiger partial charge in [-0.25, -0.2) is 0 Å². The van der Waals surface area contributed by atoms with Crippen molar-refractivity contribution in [2.24, 2.45) is 0 Å². The van der Waals surface area contributed by atoms with Crippen molar-refractivity contribution >= 4 is 29.1 Å². The monoisotopic (exact) mass is 341 g/mol. The van der Waals surface area contributed by atoms with E-state index < -0.39 is 17.7 Å². The quantitative estimate of drug-likeness (QED) is 0.721. The highest BCUT2D eigenvalue weighted by molar-refractivity contribution is 6.39. The molecule has 25 heavy (non-hydrogen) atoms. The van der Waals surface area contributed by atoms with E-state index >= 15 is 0 Å². The minimum Gasteiger partial charge on any atom is -0.497 e. The zero-order valence-corrected chi connectivity index (χ0v) is 14.0. The van der Waals surface area contributed by atoms with Crippen LogP contribution in [0.3, 0.4) is 0 Å². The average molecular weight is 341 g/mol. The molecule has 7 heteroatoms. The summed E-state index contributed by atoms with van der Waals surface area (Å²) in [5.74, 6) is -1.53. The second-order valence-electron chi connectivity index (χ2n) is 5.28. The minimum absolute atomic E-state index is 0.303. The van der Waals surface area contributed by atoms with Crippen LogP contribution < -0.4 is 20.7 Å². The van der Waals surface area contributed by atoms with Crippen LogP contribution in [0, 0.1) is 6.92 Å². The summed E-state index contributed by atoms with van der Waals surface area (Å²) >= 11 is 0. The largest absolute Gasteiger partial charge is 0.497 e. The summed E-state index contributed by atoms with van der Waals surface area (Å²) < 4.78 is 5.01. The molecule has 0 atom stereocenters. The Morgan fingerprint density at radius 1 is 0.840 bits per heavy atom. The van der Waals surface area contributed by atoms with E-state index in [0.717, 1.165) is 5.56 Å². The van der Waals surface area contributed by atoms with Gasteiger partial charge in [-0.2, -0.15) is 0 Å². The van der Waals surface area contributed by atoms with Gasteiger partial charge in [-0.15, -0.1) is 0 Å². The van der Waals surface area contributed by atoms with Crippen LogP contribution in [0.5, 0.6) is 5.75 Å². The molecule has 2 rings (SSSR count). The minimum atomic E-state index is -0.894. The fraction of sp³-hybridized carbons (Fsp3) is 0.167. The standard InChI is InChI=1S/C18H19N3O4/c1-12-3-5-13(6-4-12)20-16(22)11-19-17(23)18(24)21-14-7-9-15(25-2)10-8-14/h3-10H,11H2,1-2H3,(H,19,23)(H,20,22)(H,21,24). The van der Waals surface area contributed by atoms with Gasteiger partial charge in [0.15, 0.2) is 0 Å². The number of benzene rings is 2. The fourth-order valence-corrected chi connectivity index (χ4v) is 1.95. The molecule has 7 nitrogen and oxygen atoms in total. The third kappa shape index (κ3) is 5.65. The van der Waals surface area contributed by atoms with Gasteiger partial charge in [0.25, 0.3) is 0 Å². The van der Waals surface area contributed by atoms with Crippen LogP contribution in [0.4, 0.5) is 11.4 Å². The highest BCUT2D eigenvalue weighted by Crippen LogP contribution is 2.14. The molecule has 0 unspecified atom stereocenters. The Morgan fingerprint density at radius 3 is 2.00 bits per heavy atom. The lowest BCUT2D eigenvalue weighted by Gasteiger charge is -2.08. The number of hydrogen-bond acceptors (Lipinski definition) is 4. The van der Waals surface area contributed by atoms with Crippen LogP contribution in [0.2, 0.25) is 0 Å². The van der Waals surface area contributed by atoms with Crippen molar-refractivity contribution in [2.45, 2.75) is 6.92 Å². The van der Waals surface area contributed by atoms with Crippen LogP contribution in [0.25, 0.3) is 0 Å². The molecule has 3 N–H and O–H groups in total. The van der Waals surface area contributed by atoms with E-state index in [0.29, 0.717) is 17.1 Å². The molecule has 0 aliphatic heterocycles. The maximum absolute atomic E-state index is 11.8. The van der Waals surface area contributed by atoms with Gasteiger partial charge in [-0.1, -0.05) is 17.7 Å². The van der Waals surface area contributed by atoms with Gasteiger partial charge in [0, 0.05) is 11.4 Å². The second kappa shape index (κ2) is 8.49. The number of rotatable bonds is 5. The van der Waals surface area contributed by atoms with Gasteiger partial charge in [-0.05, 0) is 43.3 Å². The van der Waals surface area contributed by atoms with E-state index in [-0.39, 0.29) is 6.54 Å². The summed E-state index contributed by atoms with van der Waals surface area (Å²) in [6.45, 7) is 1.63. The lowest BCUT2D eigenvalue weighted by Crippen LogP contribution is -2.39. The number of ether oxygens (including phenoxy) is 1. The van der Waals surface area contributed by atoms with E-state index in [9.17, 15) is 14.4 Å². The van der Waals surface area contributed by atoms with E-state index in [2.05, 4.69) is 16.0 Å². The molecule has 2 aromatic rings. The highest BCUT2D eigenvalue weighted by Gasteiger charge is 2.15. The van der Waals surface area contributed by atoms with Crippen LogP contribution in [0.1, 0.15) is 5.56 Å². The SMILES string of the molecule is COc1ccc(NC(=O)C(=O)NCC(=O)Nc2ccc(C)cc2)cc1. The van der Waals surface area contributed by atoms with E-state index in [4.69, 9.17) is 4.74 Å². The van der Waals surface area contributed by atoms with Crippen LogP contribution >= 0.6 is 0 Å². The van der Waals surface area contributed by atoms with Gasteiger partial charge < -0.3 is 20.7 Å². The van der Waals surface area contributed by atoms with E-state index in [1.165, 1.54) is 7.11 Å². The molecule has 0 aromatic heterocycles. The molecule has 0 heterocycles. The van der Waals surface area contributed by atoms with Gasteiger partial charge in [0.1, 0.15) is 5.75 Å². The number of aryl methyl sites for hydroxylation is 1. The molecule has 0 fully saturated rings. The zero-order chi connectivity index (χ0) is 18.2. The smallest absolute Gasteiger partial charge is 0.313 e. The van der Waals surface area contributed by atoms with Crippen molar-refractivity contribution < 1.29 is 19.1 Å². The first kappa shape index (κ1) is 18.0. The third-order valence-electron chi connectivity index (χ3n) is 3.30. The first-order valence-corrected chi connectivity index (χ1v) is 7.57. The summed E-state index contributed by atoms with van der Waals surface area (Å²) in [4.78, 5) is 35.3. The number of methoxy groups -OCH3 is 1. The lowest BCUT2D eigenvalue weighted by atomic mass is 10.2. The number of amides is 3. The van der Waals surface area contributed by atoms with Crippen molar-refractivity contribution in [1.29, 1.82) is 0 Å². The molecule has 130 valence electrons. The van der Waals surface area contributed by atoms with Crippen LogP contribution in [-0.2, 0) is 14.4 Å². The Hall–Kier alpha value is -3.35. The van der Waals surface area contributed by atoms with Crippen molar-refractivity contribution in [1.82, 2.24) is 5.32 Å². The number of carbonyl (C=O) groups is 3. The van der Waals surface area contributed by atoms with Crippen LogP contribution in [-0.4, -0.2) is 31.4 Å². The maximum atomic E-state index is 11.8. The Labute approximate surface area is 145 Å². The molecule has 2 aromatic carbocycles. The van der Waals surface area contributed by atoms with Crippen molar-refractivity contribution in [3.63, 3.8) is 0 Å². The second-order valence-corrected chi connectivity index (χ2v) is 5.28. The van der Waals surface area contributed by atoms with Crippen LogP contribution in [0.15, 0.2) is 48.5 Å². The number of carbonyl (C=O) groups excluding carboxylic acids is 3. The van der Waals surface area contributed by atoms with Gasteiger partial charge in [0.05, 0.1) is 13.7 Å². The first-order chi connectivity index (χ1) is 12.0. The molecular weight excluding hydrogens is 322 g/mol. The van der Waals surface area contributed by atoms with Gasteiger partial charge in [-0.3, -0.25) is 14.4 Å². The molecule has 0 bridgehead atoms. The molecule has 0 aliphatic rings. The Balaban J connectivity index is 1.79. The maximum Gasteiger partial charge on any atom is 0.313 e. The Bertz CT molecular complexity index is 755. The summed E-state index contributed by atoms with van der Waals surface area (Å²) in [6, 6.07) is 13.7. The molecule has 0 radical (unpaired) electrons. The topological polar surface area (TPSA) is 96.5 Å². The number of anilines is 2. The number of nitrogens with one attached hydrogen (secondary N) is 3. The zero-order valence-electron chi connectivity index (χ0n) is 14.0. The van der Waals surface area contributed by atoms with E-state index in [1.807, 2.05) is 19.1 Å². The molecule has 0 saturated carbocycles. The molecular formula is C18H19N3O4. The van der Waals surface area contributed by atoms with E-state index in [1.54, 1.807) is 36.4 Å². The third-order valence-corrected chi connectivity index (χ3v) is 3.30. The summed E-state index contributed by atoms with van der Waals surface area (Å²) in [5.41, 5.74) is 2.14. The molecule has 3 amide bonds. The van der Waals surface area contributed by atoms with Crippen molar-refractivity contribution in [2.75, 3.05) is 24.3 Å². The predicted molar refractivity (Wildman–Crippen MR) is 94.4 cm³/mol. The van der Waals surface area contributed by atoms with Gasteiger partial charge in [0.2, 0.25) is 5.91 Å². The average Bonchev–Trinajstić information content (AvgIpc) is 2.62. The van der Waals surface area contributed by atoms with Gasteiger partial charge >= 0.3 is 11.8 Å². The Morgan fingerprint density at radius 2 is 1.40 bits per heavy atom. The first-order valence-electron chi connectivity index (χ1n) is 7.57. The van der Waals surface area contributed by atoms with Crippen molar-refractivity contribution in [3.8, 4) is 5.75 Å². The summed E-state index contributed by atoms with van der Waals surface area (Å²) in [7, 11) is 1.53.